The second-order valence-electron chi connectivity index (χ2n) is 3.94. The Hall–Kier alpha value is -1.59. The van der Waals surface area contributed by atoms with Gasteiger partial charge in [0.15, 0.2) is 0 Å². The molecule has 0 aromatic carbocycles. The quantitative estimate of drug-likeness (QED) is 0.687. The minimum absolute atomic E-state index is 0.453. The first-order valence-electron chi connectivity index (χ1n) is 4.29. The molecule has 0 bridgehead atoms. The van der Waals surface area contributed by atoms with Crippen molar-refractivity contribution in [2.75, 3.05) is 14.1 Å². The number of carbonyl (C=O) groups excluding carboxylic acids is 2. The number of carbonyl (C=O) groups is 3. The van der Waals surface area contributed by atoms with Gasteiger partial charge in [-0.05, 0) is 13.8 Å². The summed E-state index contributed by atoms with van der Waals surface area (Å²) in [5, 5.41) is 8.82. The van der Waals surface area contributed by atoms with E-state index in [0.29, 0.717) is 6.29 Å². The number of aliphatic carboxylic acids is 1. The Morgan fingerprint density at radius 1 is 1.40 bits per heavy atom. The summed E-state index contributed by atoms with van der Waals surface area (Å²) in [5.41, 5.74) is -1.25. The van der Waals surface area contributed by atoms with Crippen molar-refractivity contribution < 1.29 is 24.2 Å². The highest BCUT2D eigenvalue weighted by Crippen LogP contribution is 2.21. The van der Waals surface area contributed by atoms with E-state index >= 15 is 0 Å². The number of hydrogen-bond donors (Lipinski definition) is 1. The topological polar surface area (TPSA) is 83.9 Å². The van der Waals surface area contributed by atoms with Crippen LogP contribution in [0.3, 0.4) is 0 Å². The van der Waals surface area contributed by atoms with Crippen molar-refractivity contribution in [1.82, 2.24) is 4.90 Å². The van der Waals surface area contributed by atoms with E-state index in [1.54, 1.807) is 0 Å². The molecule has 0 fully saturated rings. The van der Waals surface area contributed by atoms with Gasteiger partial charge >= 0.3 is 12.1 Å². The number of hydrogen-bond acceptors (Lipinski definition) is 4. The normalized spacial score (nSPS) is 12.8. The fourth-order valence-electron chi connectivity index (χ4n) is 0.789. The van der Waals surface area contributed by atoms with Crippen LogP contribution in [0.2, 0.25) is 0 Å². The molecule has 0 aliphatic carbocycles. The van der Waals surface area contributed by atoms with Crippen LogP contribution < -0.4 is 0 Å². The van der Waals surface area contributed by atoms with Crippen molar-refractivity contribution in [2.45, 2.75) is 20.0 Å². The van der Waals surface area contributed by atoms with Gasteiger partial charge in [0.1, 0.15) is 6.29 Å². The molecule has 0 rings (SSSR count). The van der Waals surface area contributed by atoms with E-state index in [2.05, 4.69) is 4.74 Å². The highest BCUT2D eigenvalue weighted by atomic mass is 16.6. The number of carboxylic acids is 1. The SMILES string of the molecule is CN(C)C(=O)OC(C(=O)O)C(C)(C)C=O. The molecular formula is C9H15NO5. The van der Waals surface area contributed by atoms with Gasteiger partial charge in [0.2, 0.25) is 6.10 Å². The van der Waals surface area contributed by atoms with Gasteiger partial charge in [0.25, 0.3) is 0 Å². The Labute approximate surface area is 87.8 Å². The molecular weight excluding hydrogens is 202 g/mol. The summed E-state index contributed by atoms with van der Waals surface area (Å²) >= 11 is 0. The Kier molecular flexibility index (Phi) is 4.26. The minimum Gasteiger partial charge on any atom is -0.478 e. The molecule has 0 spiro atoms. The molecule has 1 amide bonds. The van der Waals surface area contributed by atoms with Gasteiger partial charge < -0.3 is 19.5 Å². The van der Waals surface area contributed by atoms with E-state index in [4.69, 9.17) is 5.11 Å². The van der Waals surface area contributed by atoms with E-state index < -0.39 is 23.6 Å². The second kappa shape index (κ2) is 4.77. The highest BCUT2D eigenvalue weighted by Gasteiger charge is 2.39. The minimum atomic E-state index is -1.48. The molecule has 0 aliphatic rings. The highest BCUT2D eigenvalue weighted by molar-refractivity contribution is 5.82. The fraction of sp³-hybridized carbons (Fsp3) is 0.667. The van der Waals surface area contributed by atoms with E-state index in [0.717, 1.165) is 4.90 Å². The Morgan fingerprint density at radius 2 is 1.87 bits per heavy atom. The average molecular weight is 217 g/mol. The van der Waals surface area contributed by atoms with Crippen LogP contribution in [0.25, 0.3) is 0 Å². The van der Waals surface area contributed by atoms with Crippen molar-refractivity contribution >= 4 is 18.3 Å². The predicted octanol–water partition coefficient (Wildman–Crippen LogP) is 0.363. The van der Waals surface area contributed by atoms with E-state index in [1.807, 2.05) is 0 Å². The van der Waals surface area contributed by atoms with Crippen molar-refractivity contribution in [3.05, 3.63) is 0 Å². The molecule has 15 heavy (non-hydrogen) atoms. The molecule has 0 radical (unpaired) electrons. The van der Waals surface area contributed by atoms with Crippen LogP contribution in [0.1, 0.15) is 13.8 Å². The van der Waals surface area contributed by atoms with Gasteiger partial charge in [-0.2, -0.15) is 0 Å². The Balaban J connectivity index is 4.78. The van der Waals surface area contributed by atoms with Gasteiger partial charge in [0.05, 0.1) is 5.41 Å². The zero-order chi connectivity index (χ0) is 12.2. The molecule has 0 saturated carbocycles. The predicted molar refractivity (Wildman–Crippen MR) is 51.4 cm³/mol. The van der Waals surface area contributed by atoms with Gasteiger partial charge in [-0.3, -0.25) is 0 Å². The van der Waals surface area contributed by atoms with Crippen molar-refractivity contribution in [2.24, 2.45) is 5.41 Å². The van der Waals surface area contributed by atoms with Crippen LogP contribution in [-0.4, -0.2) is 48.6 Å². The molecule has 6 nitrogen and oxygen atoms in total. The maximum absolute atomic E-state index is 11.1. The van der Waals surface area contributed by atoms with Crippen LogP contribution in [0.15, 0.2) is 0 Å². The first-order chi connectivity index (χ1) is 6.72. The second-order valence-corrected chi connectivity index (χ2v) is 3.94. The first kappa shape index (κ1) is 13.4. The van der Waals surface area contributed by atoms with Crippen LogP contribution in [-0.2, 0) is 14.3 Å². The summed E-state index contributed by atoms with van der Waals surface area (Å²) in [4.78, 5) is 33.7. The third-order valence-corrected chi connectivity index (χ3v) is 1.79. The van der Waals surface area contributed by atoms with Crippen molar-refractivity contribution in [3.63, 3.8) is 0 Å². The van der Waals surface area contributed by atoms with Gasteiger partial charge in [-0.1, -0.05) is 0 Å². The maximum atomic E-state index is 11.1. The molecule has 1 N–H and O–H groups in total. The number of carboxylic acid groups (broad SMARTS) is 1. The third-order valence-electron chi connectivity index (χ3n) is 1.79. The lowest BCUT2D eigenvalue weighted by molar-refractivity contribution is -0.155. The summed E-state index contributed by atoms with van der Waals surface area (Å²) in [6.07, 6.45) is -1.82. The van der Waals surface area contributed by atoms with E-state index in [1.165, 1.54) is 27.9 Å². The molecule has 1 unspecified atom stereocenters. The van der Waals surface area contributed by atoms with Gasteiger partial charge in [-0.25, -0.2) is 9.59 Å². The zero-order valence-electron chi connectivity index (χ0n) is 9.18. The van der Waals surface area contributed by atoms with Crippen LogP contribution in [0.5, 0.6) is 0 Å². The third kappa shape index (κ3) is 3.57. The monoisotopic (exact) mass is 217 g/mol. The fourth-order valence-corrected chi connectivity index (χ4v) is 0.789. The van der Waals surface area contributed by atoms with Crippen LogP contribution >= 0.6 is 0 Å². The Morgan fingerprint density at radius 3 is 2.13 bits per heavy atom. The summed E-state index contributed by atoms with van der Waals surface area (Å²) in [7, 11) is 2.85. The van der Waals surface area contributed by atoms with E-state index in [9.17, 15) is 14.4 Å². The average Bonchev–Trinajstić information content (AvgIpc) is 2.12. The summed E-state index contributed by atoms with van der Waals surface area (Å²) in [6, 6.07) is 0. The molecule has 0 aromatic rings. The Bertz CT molecular complexity index is 272. The smallest absolute Gasteiger partial charge is 0.410 e. The molecule has 0 heterocycles. The number of amides is 1. The first-order valence-corrected chi connectivity index (χ1v) is 4.29. The molecule has 86 valence electrons. The summed E-state index contributed by atoms with van der Waals surface area (Å²) in [5.74, 6) is -1.35. The van der Waals surface area contributed by atoms with Crippen molar-refractivity contribution in [1.29, 1.82) is 0 Å². The molecule has 0 aromatic heterocycles. The summed E-state index contributed by atoms with van der Waals surface area (Å²) < 4.78 is 4.69. The summed E-state index contributed by atoms with van der Waals surface area (Å²) in [6.45, 7) is 2.78. The lowest BCUT2D eigenvalue weighted by atomic mass is 9.88. The zero-order valence-corrected chi connectivity index (χ0v) is 9.18. The van der Waals surface area contributed by atoms with Crippen LogP contribution in [0, 0.1) is 5.41 Å². The standard InChI is InChI=1S/C9H15NO5/c1-9(2,5-11)6(7(12)13)15-8(14)10(3)4/h5-6H,1-4H3,(H,12,13). The molecule has 0 saturated heterocycles. The molecule has 6 heteroatoms. The molecule has 0 aliphatic heterocycles. The van der Waals surface area contributed by atoms with E-state index in [-0.39, 0.29) is 0 Å². The number of nitrogens with zero attached hydrogens (tertiary/aromatic N) is 1. The van der Waals surface area contributed by atoms with Gasteiger partial charge in [0, 0.05) is 14.1 Å². The number of ether oxygens (including phenoxy) is 1. The largest absolute Gasteiger partial charge is 0.478 e. The maximum Gasteiger partial charge on any atom is 0.410 e. The van der Waals surface area contributed by atoms with Crippen LogP contribution in [0.4, 0.5) is 4.79 Å². The van der Waals surface area contributed by atoms with Crippen molar-refractivity contribution in [3.8, 4) is 0 Å². The number of aldehydes is 1. The lowest BCUT2D eigenvalue weighted by Crippen LogP contribution is -2.43. The van der Waals surface area contributed by atoms with Gasteiger partial charge in [-0.15, -0.1) is 0 Å². The lowest BCUT2D eigenvalue weighted by Gasteiger charge is -2.26. The number of rotatable bonds is 4. The molecule has 1 atom stereocenters.